The summed E-state index contributed by atoms with van der Waals surface area (Å²) in [6.45, 7) is 5.09. The third kappa shape index (κ3) is 3.50. The van der Waals surface area contributed by atoms with Crippen LogP contribution in [-0.4, -0.2) is 22.3 Å². The highest BCUT2D eigenvalue weighted by Crippen LogP contribution is 2.30. The van der Waals surface area contributed by atoms with Gasteiger partial charge in [-0.2, -0.15) is 0 Å². The molecule has 1 fully saturated rings. The van der Waals surface area contributed by atoms with Crippen LogP contribution in [0.4, 0.5) is 4.39 Å². The molecule has 1 aliphatic rings. The molecule has 0 saturated carbocycles. The minimum Gasteiger partial charge on any atom is -0.380 e. The highest BCUT2D eigenvalue weighted by atomic mass is 35.5. The fourth-order valence-corrected chi connectivity index (χ4v) is 3.97. The normalized spacial score (nSPS) is 16.6. The van der Waals surface area contributed by atoms with Crippen molar-refractivity contribution in [2.45, 2.75) is 26.4 Å². The van der Waals surface area contributed by atoms with Gasteiger partial charge in [-0.3, -0.25) is 13.9 Å². The van der Waals surface area contributed by atoms with Gasteiger partial charge in [0.2, 0.25) is 0 Å². The summed E-state index contributed by atoms with van der Waals surface area (Å²) in [4.78, 5) is 26.6. The van der Waals surface area contributed by atoms with E-state index < -0.39 is 23.1 Å². The Morgan fingerprint density at radius 1 is 1.17 bits per heavy atom. The van der Waals surface area contributed by atoms with Crippen LogP contribution in [-0.2, 0) is 11.3 Å². The zero-order valence-corrected chi connectivity index (χ0v) is 17.4. The molecule has 1 aromatic heterocycles. The zero-order valence-electron chi connectivity index (χ0n) is 15.9. The fourth-order valence-electron chi connectivity index (χ4n) is 3.69. The molecule has 3 aromatic rings. The van der Waals surface area contributed by atoms with Crippen molar-refractivity contribution in [3.63, 3.8) is 0 Å². The molecule has 2 heterocycles. The summed E-state index contributed by atoms with van der Waals surface area (Å²) in [5.41, 5.74) is -0.218. The van der Waals surface area contributed by atoms with E-state index >= 15 is 0 Å². The summed E-state index contributed by atoms with van der Waals surface area (Å²) in [7, 11) is 0. The molecule has 1 atom stereocenters. The number of hydrogen-bond donors (Lipinski definition) is 0. The van der Waals surface area contributed by atoms with Gasteiger partial charge in [0.15, 0.2) is 0 Å². The van der Waals surface area contributed by atoms with Gasteiger partial charge >= 0.3 is 5.69 Å². The Morgan fingerprint density at radius 3 is 2.41 bits per heavy atom. The van der Waals surface area contributed by atoms with Crippen molar-refractivity contribution in [1.82, 2.24) is 9.13 Å². The predicted molar refractivity (Wildman–Crippen MR) is 112 cm³/mol. The topological polar surface area (TPSA) is 53.2 Å². The average Bonchev–Trinajstić information content (AvgIpc) is 2.66. The molecule has 5 nitrogen and oxygen atoms in total. The number of hydrogen-bond acceptors (Lipinski definition) is 3. The summed E-state index contributed by atoms with van der Waals surface area (Å²) >= 11 is 11.9. The van der Waals surface area contributed by atoms with E-state index in [1.807, 2.05) is 6.92 Å². The van der Waals surface area contributed by atoms with Crippen LogP contribution in [0.2, 0.25) is 10.0 Å². The summed E-state index contributed by atoms with van der Waals surface area (Å²) in [5, 5.41) is 0.526. The smallest absolute Gasteiger partial charge is 0.332 e. The highest BCUT2D eigenvalue weighted by molar-refractivity contribution is 6.31. The molecule has 0 aliphatic carbocycles. The lowest BCUT2D eigenvalue weighted by Crippen LogP contribution is -2.49. The van der Waals surface area contributed by atoms with Crippen molar-refractivity contribution < 1.29 is 9.13 Å². The Labute approximate surface area is 176 Å². The third-order valence-corrected chi connectivity index (χ3v) is 5.94. The molecule has 29 heavy (non-hydrogen) atoms. The lowest BCUT2D eigenvalue weighted by atomic mass is 9.88. The Hall–Kier alpha value is -2.15. The van der Waals surface area contributed by atoms with Crippen LogP contribution in [0.1, 0.15) is 25.5 Å². The molecule has 2 aromatic carbocycles. The molecular formula is C21H19Cl2FN2O3. The number of fused-ring (bicyclic) bond motifs is 1. The first-order valence-electron chi connectivity index (χ1n) is 9.17. The van der Waals surface area contributed by atoms with Crippen LogP contribution in [0.15, 0.2) is 46.0 Å². The largest absolute Gasteiger partial charge is 0.380 e. The van der Waals surface area contributed by atoms with E-state index in [0.29, 0.717) is 30.3 Å². The molecule has 1 unspecified atom stereocenters. The number of halogens is 3. The Balaban J connectivity index is 1.99. The monoisotopic (exact) mass is 436 g/mol. The van der Waals surface area contributed by atoms with Gasteiger partial charge in [0.1, 0.15) is 5.82 Å². The zero-order chi connectivity index (χ0) is 20.9. The molecule has 1 saturated heterocycles. The van der Waals surface area contributed by atoms with Crippen molar-refractivity contribution >= 4 is 34.1 Å². The van der Waals surface area contributed by atoms with Gasteiger partial charge in [-0.1, -0.05) is 42.3 Å². The SMILES string of the molecule is CC(c1ccc(Cl)cc1)n1c(=O)c2cc(F)c(Cl)cc2n(CC2(C)COC2)c1=O. The second-order valence-electron chi connectivity index (χ2n) is 7.86. The summed E-state index contributed by atoms with van der Waals surface area (Å²) in [6.07, 6.45) is 0. The predicted octanol–water partition coefficient (Wildman–Crippen LogP) is 4.25. The van der Waals surface area contributed by atoms with E-state index in [0.717, 1.165) is 16.2 Å². The molecule has 8 heteroatoms. The van der Waals surface area contributed by atoms with Gasteiger partial charge in [0.05, 0.1) is 35.2 Å². The fraction of sp³-hybridized carbons (Fsp3) is 0.333. The second kappa shape index (κ2) is 7.27. The standard InChI is InChI=1S/C21H19Cl2FN2O3/c1-12(13-3-5-14(22)6-4-13)26-19(27)15-7-17(24)16(23)8-18(15)25(20(26)28)9-21(2)10-29-11-21/h3-8,12H,9-11H2,1-2H3. The molecule has 0 bridgehead atoms. The number of rotatable bonds is 4. The van der Waals surface area contributed by atoms with Gasteiger partial charge in [-0.15, -0.1) is 0 Å². The molecular weight excluding hydrogens is 418 g/mol. The number of aromatic nitrogens is 2. The highest BCUT2D eigenvalue weighted by Gasteiger charge is 2.35. The minimum atomic E-state index is -0.703. The van der Waals surface area contributed by atoms with Gasteiger partial charge in [0, 0.05) is 17.0 Å². The number of benzene rings is 2. The third-order valence-electron chi connectivity index (χ3n) is 5.40. The lowest BCUT2D eigenvalue weighted by molar-refractivity contribution is -0.110. The molecule has 0 amide bonds. The molecule has 4 rings (SSSR count). The van der Waals surface area contributed by atoms with Crippen molar-refractivity contribution in [2.75, 3.05) is 13.2 Å². The van der Waals surface area contributed by atoms with Crippen LogP contribution in [0.5, 0.6) is 0 Å². The molecule has 0 N–H and O–H groups in total. The van der Waals surface area contributed by atoms with E-state index in [1.54, 1.807) is 31.2 Å². The summed E-state index contributed by atoms with van der Waals surface area (Å²) in [5.74, 6) is -0.703. The van der Waals surface area contributed by atoms with Crippen molar-refractivity contribution in [2.24, 2.45) is 5.41 Å². The number of nitrogens with zero attached hydrogens (tertiary/aromatic N) is 2. The average molecular weight is 437 g/mol. The maximum Gasteiger partial charge on any atom is 0.332 e. The van der Waals surface area contributed by atoms with Gasteiger partial charge < -0.3 is 4.74 Å². The maximum absolute atomic E-state index is 14.2. The quantitative estimate of drug-likeness (QED) is 0.613. The second-order valence-corrected chi connectivity index (χ2v) is 8.70. The molecule has 0 spiro atoms. The van der Waals surface area contributed by atoms with Crippen LogP contribution in [0, 0.1) is 11.2 Å². The van der Waals surface area contributed by atoms with E-state index in [1.165, 1.54) is 10.6 Å². The van der Waals surface area contributed by atoms with Gasteiger partial charge in [-0.05, 0) is 36.8 Å². The first-order valence-corrected chi connectivity index (χ1v) is 9.93. The van der Waals surface area contributed by atoms with Crippen molar-refractivity contribution in [3.8, 4) is 0 Å². The molecule has 0 radical (unpaired) electrons. The first kappa shape index (κ1) is 20.1. The summed E-state index contributed by atoms with van der Waals surface area (Å²) < 4.78 is 22.1. The Morgan fingerprint density at radius 2 is 1.83 bits per heavy atom. The van der Waals surface area contributed by atoms with E-state index in [-0.39, 0.29) is 15.8 Å². The van der Waals surface area contributed by atoms with Crippen LogP contribution in [0.3, 0.4) is 0 Å². The maximum atomic E-state index is 14.2. The van der Waals surface area contributed by atoms with Crippen LogP contribution in [0.25, 0.3) is 10.9 Å². The van der Waals surface area contributed by atoms with Gasteiger partial charge in [0.25, 0.3) is 5.56 Å². The molecule has 1 aliphatic heterocycles. The van der Waals surface area contributed by atoms with E-state index in [9.17, 15) is 14.0 Å². The molecule has 152 valence electrons. The Kier molecular flexibility index (Phi) is 5.05. The van der Waals surface area contributed by atoms with Gasteiger partial charge in [-0.25, -0.2) is 9.18 Å². The van der Waals surface area contributed by atoms with Crippen LogP contribution >= 0.6 is 23.2 Å². The van der Waals surface area contributed by atoms with Crippen LogP contribution < -0.4 is 11.2 Å². The lowest BCUT2D eigenvalue weighted by Gasteiger charge is -2.38. The minimum absolute atomic E-state index is 0.108. The van der Waals surface area contributed by atoms with E-state index in [2.05, 4.69) is 0 Å². The summed E-state index contributed by atoms with van der Waals surface area (Å²) in [6, 6.07) is 8.80. The number of ether oxygens (including phenoxy) is 1. The first-order chi connectivity index (χ1) is 13.7. The Bertz CT molecular complexity index is 1210. The van der Waals surface area contributed by atoms with Crippen molar-refractivity contribution in [1.29, 1.82) is 0 Å². The van der Waals surface area contributed by atoms with Crippen molar-refractivity contribution in [3.05, 3.63) is 78.7 Å². The van der Waals surface area contributed by atoms with E-state index in [4.69, 9.17) is 27.9 Å².